The average molecular weight is 240 g/mol. The zero-order chi connectivity index (χ0) is 12.4. The van der Waals surface area contributed by atoms with E-state index in [1.807, 2.05) is 6.92 Å². The maximum Gasteiger partial charge on any atom is 0.307 e. The van der Waals surface area contributed by atoms with Crippen LogP contribution in [0, 0.1) is 0 Å². The minimum atomic E-state index is -0.347. The van der Waals surface area contributed by atoms with E-state index in [1.54, 1.807) is 0 Å². The summed E-state index contributed by atoms with van der Waals surface area (Å²) in [7, 11) is 1.36. The first-order valence-corrected chi connectivity index (χ1v) is 6.24. The van der Waals surface area contributed by atoms with Crippen LogP contribution in [0.25, 0.3) is 0 Å². The van der Waals surface area contributed by atoms with Crippen molar-refractivity contribution in [3.05, 3.63) is 0 Å². The molecule has 1 saturated heterocycles. The Hall–Kier alpha value is -1.10. The molecule has 0 aromatic carbocycles. The lowest BCUT2D eigenvalue weighted by atomic mass is 10.1. The first-order chi connectivity index (χ1) is 8.11. The molecule has 0 radical (unpaired) electrons. The average Bonchev–Trinajstić information content (AvgIpc) is 3.10. The van der Waals surface area contributed by atoms with Gasteiger partial charge in [0.2, 0.25) is 5.91 Å². The summed E-state index contributed by atoms with van der Waals surface area (Å²) >= 11 is 0. The van der Waals surface area contributed by atoms with E-state index in [0.717, 1.165) is 25.8 Å². The number of carbonyl (C=O) groups is 2. The standard InChI is InChI=1S/C12H20N2O3/c1-8-5-6-14(9-3-4-9)10(12(16)13-8)7-11(15)17-2/h8-10H,3-7H2,1-2H3,(H,13,16). The number of rotatable bonds is 3. The van der Waals surface area contributed by atoms with E-state index in [9.17, 15) is 9.59 Å². The Bertz CT molecular complexity index is 315. The molecule has 2 aliphatic rings. The van der Waals surface area contributed by atoms with Crippen LogP contribution in [0.4, 0.5) is 0 Å². The van der Waals surface area contributed by atoms with Gasteiger partial charge in [-0.2, -0.15) is 0 Å². The number of nitrogens with one attached hydrogen (secondary N) is 1. The summed E-state index contributed by atoms with van der Waals surface area (Å²) in [4.78, 5) is 25.6. The van der Waals surface area contributed by atoms with Crippen LogP contribution in [0.2, 0.25) is 0 Å². The minimum Gasteiger partial charge on any atom is -0.469 e. The Balaban J connectivity index is 2.09. The molecule has 2 atom stereocenters. The Morgan fingerprint density at radius 1 is 1.47 bits per heavy atom. The summed E-state index contributed by atoms with van der Waals surface area (Å²) in [6.07, 6.45) is 3.38. The molecule has 1 N–H and O–H groups in total. The van der Waals surface area contributed by atoms with Crippen LogP contribution in [0.15, 0.2) is 0 Å². The molecule has 0 bridgehead atoms. The van der Waals surface area contributed by atoms with Gasteiger partial charge in [0.05, 0.1) is 19.6 Å². The predicted octanol–water partition coefficient (Wildman–Crippen LogP) is 0.291. The van der Waals surface area contributed by atoms with E-state index in [4.69, 9.17) is 0 Å². The van der Waals surface area contributed by atoms with Crippen LogP contribution in [0.1, 0.15) is 32.6 Å². The lowest BCUT2D eigenvalue weighted by Crippen LogP contribution is -2.47. The van der Waals surface area contributed by atoms with Crippen molar-refractivity contribution in [2.24, 2.45) is 0 Å². The molecule has 5 heteroatoms. The van der Waals surface area contributed by atoms with Crippen LogP contribution in [-0.2, 0) is 14.3 Å². The molecule has 1 heterocycles. The quantitative estimate of drug-likeness (QED) is 0.720. The first kappa shape index (κ1) is 12.4. The van der Waals surface area contributed by atoms with Crippen molar-refractivity contribution in [3.63, 3.8) is 0 Å². The SMILES string of the molecule is COC(=O)CC1C(=O)NC(C)CCN1C1CC1. The van der Waals surface area contributed by atoms with Crippen LogP contribution < -0.4 is 5.32 Å². The predicted molar refractivity (Wildman–Crippen MR) is 62.4 cm³/mol. The largest absolute Gasteiger partial charge is 0.469 e. The molecule has 0 spiro atoms. The van der Waals surface area contributed by atoms with Gasteiger partial charge in [0.1, 0.15) is 0 Å². The van der Waals surface area contributed by atoms with E-state index in [0.29, 0.717) is 6.04 Å². The van der Waals surface area contributed by atoms with Crippen molar-refractivity contribution in [1.29, 1.82) is 0 Å². The second-order valence-corrected chi connectivity index (χ2v) is 4.96. The van der Waals surface area contributed by atoms with Gasteiger partial charge < -0.3 is 10.1 Å². The molecule has 1 aliphatic carbocycles. The lowest BCUT2D eigenvalue weighted by molar-refractivity contribution is -0.144. The number of esters is 1. The number of methoxy groups -OCH3 is 1. The topological polar surface area (TPSA) is 58.6 Å². The second kappa shape index (κ2) is 5.04. The van der Waals surface area contributed by atoms with Crippen LogP contribution >= 0.6 is 0 Å². The molecule has 17 heavy (non-hydrogen) atoms. The number of amides is 1. The van der Waals surface area contributed by atoms with Crippen LogP contribution in [0.5, 0.6) is 0 Å². The van der Waals surface area contributed by atoms with E-state index in [1.165, 1.54) is 7.11 Å². The molecule has 0 aromatic heterocycles. The Kier molecular flexibility index (Phi) is 3.66. The Morgan fingerprint density at radius 2 is 2.18 bits per heavy atom. The molecule has 2 unspecified atom stereocenters. The van der Waals surface area contributed by atoms with Gasteiger partial charge in [-0.15, -0.1) is 0 Å². The van der Waals surface area contributed by atoms with Crippen molar-refractivity contribution in [3.8, 4) is 0 Å². The van der Waals surface area contributed by atoms with Gasteiger partial charge in [-0.3, -0.25) is 14.5 Å². The number of hydrogen-bond donors (Lipinski definition) is 1. The summed E-state index contributed by atoms with van der Waals surface area (Å²) < 4.78 is 4.67. The van der Waals surface area contributed by atoms with Gasteiger partial charge in [0.15, 0.2) is 0 Å². The van der Waals surface area contributed by atoms with Crippen LogP contribution in [0.3, 0.4) is 0 Å². The maximum atomic E-state index is 12.1. The number of hydrogen-bond acceptors (Lipinski definition) is 4. The van der Waals surface area contributed by atoms with Crippen LogP contribution in [-0.4, -0.2) is 48.6 Å². The third-order valence-electron chi connectivity index (χ3n) is 3.52. The van der Waals surface area contributed by atoms with Gasteiger partial charge in [0.25, 0.3) is 0 Å². The van der Waals surface area contributed by atoms with Gasteiger partial charge in [-0.25, -0.2) is 0 Å². The van der Waals surface area contributed by atoms with Crippen molar-refractivity contribution in [1.82, 2.24) is 10.2 Å². The monoisotopic (exact) mass is 240 g/mol. The fraction of sp³-hybridized carbons (Fsp3) is 0.833. The van der Waals surface area contributed by atoms with Gasteiger partial charge in [-0.1, -0.05) is 0 Å². The smallest absolute Gasteiger partial charge is 0.307 e. The highest BCUT2D eigenvalue weighted by Crippen LogP contribution is 2.31. The zero-order valence-electron chi connectivity index (χ0n) is 10.4. The Morgan fingerprint density at radius 3 is 2.76 bits per heavy atom. The number of ether oxygens (including phenoxy) is 1. The summed E-state index contributed by atoms with van der Waals surface area (Å²) in [6.45, 7) is 2.88. The van der Waals surface area contributed by atoms with E-state index < -0.39 is 0 Å². The third kappa shape index (κ3) is 2.97. The molecule has 1 saturated carbocycles. The third-order valence-corrected chi connectivity index (χ3v) is 3.52. The van der Waals surface area contributed by atoms with Crippen molar-refractivity contribution in [2.75, 3.05) is 13.7 Å². The van der Waals surface area contributed by atoms with Crippen molar-refractivity contribution >= 4 is 11.9 Å². The lowest BCUT2D eigenvalue weighted by Gasteiger charge is -2.27. The van der Waals surface area contributed by atoms with Crippen molar-refractivity contribution < 1.29 is 14.3 Å². The summed E-state index contributed by atoms with van der Waals surface area (Å²) in [5, 5.41) is 2.95. The second-order valence-electron chi connectivity index (χ2n) is 4.96. The molecule has 2 fully saturated rings. The Labute approximate surface area is 101 Å². The fourth-order valence-electron chi connectivity index (χ4n) is 2.35. The molecular weight excluding hydrogens is 220 g/mol. The summed E-state index contributed by atoms with van der Waals surface area (Å²) in [6, 6.07) is 0.326. The minimum absolute atomic E-state index is 0.0349. The molecule has 1 aliphatic heterocycles. The van der Waals surface area contributed by atoms with Gasteiger partial charge in [-0.05, 0) is 26.2 Å². The maximum absolute atomic E-state index is 12.1. The molecule has 2 rings (SSSR count). The normalized spacial score (nSPS) is 30.6. The molecule has 1 amide bonds. The van der Waals surface area contributed by atoms with E-state index >= 15 is 0 Å². The highest BCUT2D eigenvalue weighted by atomic mass is 16.5. The molecular formula is C12H20N2O3. The zero-order valence-corrected chi connectivity index (χ0v) is 10.4. The molecule has 5 nitrogen and oxygen atoms in total. The highest BCUT2D eigenvalue weighted by Gasteiger charge is 2.40. The number of carbonyl (C=O) groups excluding carboxylic acids is 2. The number of nitrogens with zero attached hydrogens (tertiary/aromatic N) is 1. The first-order valence-electron chi connectivity index (χ1n) is 6.24. The fourth-order valence-corrected chi connectivity index (χ4v) is 2.35. The molecule has 0 aromatic rings. The van der Waals surface area contributed by atoms with Gasteiger partial charge in [0, 0.05) is 18.6 Å². The highest BCUT2D eigenvalue weighted by molar-refractivity contribution is 5.87. The molecule has 96 valence electrons. The van der Waals surface area contributed by atoms with E-state index in [-0.39, 0.29) is 30.4 Å². The van der Waals surface area contributed by atoms with Crippen molar-refractivity contribution in [2.45, 2.75) is 50.7 Å². The van der Waals surface area contributed by atoms with Gasteiger partial charge >= 0.3 is 5.97 Å². The van der Waals surface area contributed by atoms with E-state index in [2.05, 4.69) is 15.0 Å². The summed E-state index contributed by atoms with van der Waals surface area (Å²) in [5.74, 6) is -0.349. The summed E-state index contributed by atoms with van der Waals surface area (Å²) in [5.41, 5.74) is 0.